The van der Waals surface area contributed by atoms with Crippen molar-refractivity contribution in [3.05, 3.63) is 34.4 Å². The Balaban J connectivity index is 2.19. The number of carbonyl (C=O) groups is 1. The van der Waals surface area contributed by atoms with Gasteiger partial charge in [-0.1, -0.05) is 0 Å². The normalized spacial score (nSPS) is 19.7. The molecule has 0 radical (unpaired) electrons. The maximum Gasteiger partial charge on any atom is 0.268 e. The first-order valence-corrected chi connectivity index (χ1v) is 6.54. The molecule has 0 saturated heterocycles. The number of halogens is 4. The molecular formula is C14H11F4N3O. The van der Waals surface area contributed by atoms with Crippen molar-refractivity contribution in [1.82, 2.24) is 4.90 Å². The minimum atomic E-state index is -2.06. The van der Waals surface area contributed by atoms with Crippen molar-refractivity contribution in [2.75, 3.05) is 0 Å². The van der Waals surface area contributed by atoms with E-state index in [1.165, 1.54) is 0 Å². The zero-order valence-corrected chi connectivity index (χ0v) is 11.7. The highest BCUT2D eigenvalue weighted by atomic mass is 19.2. The van der Waals surface area contributed by atoms with Crippen molar-refractivity contribution in [1.29, 1.82) is 5.41 Å². The summed E-state index contributed by atoms with van der Waals surface area (Å²) in [5.74, 6) is -9.30. The smallest absolute Gasteiger partial charge is 0.268 e. The van der Waals surface area contributed by atoms with Crippen LogP contribution in [0.15, 0.2) is 4.99 Å². The molecule has 0 aliphatic carbocycles. The van der Waals surface area contributed by atoms with Gasteiger partial charge in [0.15, 0.2) is 23.3 Å². The van der Waals surface area contributed by atoms with Gasteiger partial charge in [-0.25, -0.2) is 22.5 Å². The molecule has 0 aromatic heterocycles. The highest BCUT2D eigenvalue weighted by molar-refractivity contribution is 6.30. The SMILES string of the molecule is CC1(C)CCC(N2C(=N)c3c(F)c(F)c(F)c(F)c3C2=O)=N1. The highest BCUT2D eigenvalue weighted by Gasteiger charge is 2.45. The Morgan fingerprint density at radius 2 is 1.59 bits per heavy atom. The molecule has 0 saturated carbocycles. The molecule has 22 heavy (non-hydrogen) atoms. The fourth-order valence-electron chi connectivity index (χ4n) is 2.67. The first-order chi connectivity index (χ1) is 10.2. The number of nitrogens with zero attached hydrogens (tertiary/aromatic N) is 2. The van der Waals surface area contributed by atoms with Crippen LogP contribution in [-0.2, 0) is 0 Å². The van der Waals surface area contributed by atoms with Crippen molar-refractivity contribution in [2.45, 2.75) is 32.2 Å². The molecule has 2 aliphatic rings. The van der Waals surface area contributed by atoms with Crippen LogP contribution >= 0.6 is 0 Å². The third-order valence-corrected chi connectivity index (χ3v) is 3.79. The molecule has 0 spiro atoms. The third kappa shape index (κ3) is 1.79. The van der Waals surface area contributed by atoms with Crippen LogP contribution in [0, 0.1) is 28.7 Å². The van der Waals surface area contributed by atoms with Crippen molar-refractivity contribution < 1.29 is 22.4 Å². The van der Waals surface area contributed by atoms with Crippen molar-refractivity contribution in [3.63, 3.8) is 0 Å². The zero-order chi connectivity index (χ0) is 16.4. The minimum Gasteiger partial charge on any atom is -0.283 e. The second-order valence-corrected chi connectivity index (χ2v) is 5.84. The number of amidine groups is 2. The van der Waals surface area contributed by atoms with Gasteiger partial charge >= 0.3 is 0 Å². The monoisotopic (exact) mass is 313 g/mol. The fourth-order valence-corrected chi connectivity index (χ4v) is 2.67. The molecule has 0 atom stereocenters. The van der Waals surface area contributed by atoms with Crippen LogP contribution in [-0.4, -0.2) is 28.0 Å². The summed E-state index contributed by atoms with van der Waals surface area (Å²) in [7, 11) is 0. The number of aliphatic imine (C=N–C) groups is 1. The predicted octanol–water partition coefficient (Wildman–Crippen LogP) is 3.00. The van der Waals surface area contributed by atoms with Gasteiger partial charge in [-0.15, -0.1) is 0 Å². The summed E-state index contributed by atoms with van der Waals surface area (Å²) in [6, 6.07) is 0. The Morgan fingerprint density at radius 1 is 1.05 bits per heavy atom. The Labute approximate surface area is 123 Å². The van der Waals surface area contributed by atoms with E-state index in [9.17, 15) is 22.4 Å². The molecule has 8 heteroatoms. The summed E-state index contributed by atoms with van der Waals surface area (Å²) in [4.78, 5) is 17.2. The average Bonchev–Trinajstić information content (AvgIpc) is 2.91. The Kier molecular flexibility index (Phi) is 2.92. The predicted molar refractivity (Wildman–Crippen MR) is 70.0 cm³/mol. The number of hydrogen-bond donors (Lipinski definition) is 1. The van der Waals surface area contributed by atoms with Crippen LogP contribution < -0.4 is 0 Å². The van der Waals surface area contributed by atoms with Crippen LogP contribution in [0.4, 0.5) is 17.6 Å². The van der Waals surface area contributed by atoms with E-state index in [-0.39, 0.29) is 5.84 Å². The lowest BCUT2D eigenvalue weighted by molar-refractivity contribution is 0.0907. The molecule has 4 nitrogen and oxygen atoms in total. The van der Waals surface area contributed by atoms with E-state index in [1.807, 2.05) is 0 Å². The molecule has 116 valence electrons. The topological polar surface area (TPSA) is 56.5 Å². The number of hydrogen-bond acceptors (Lipinski definition) is 3. The van der Waals surface area contributed by atoms with E-state index >= 15 is 0 Å². The zero-order valence-electron chi connectivity index (χ0n) is 11.7. The molecule has 1 aromatic rings. The first kappa shape index (κ1) is 14.7. The number of carbonyl (C=O) groups excluding carboxylic acids is 1. The van der Waals surface area contributed by atoms with Gasteiger partial charge in [0.05, 0.1) is 16.7 Å². The van der Waals surface area contributed by atoms with Crippen LogP contribution in [0.1, 0.15) is 42.6 Å². The lowest BCUT2D eigenvalue weighted by atomic mass is 10.0. The standard InChI is InChI=1S/C14H11F4N3O/c1-14(2)4-3-5(20-14)21-12(19)6-7(13(21)22)9(16)11(18)10(17)8(6)15/h19H,3-4H2,1-2H3. The van der Waals surface area contributed by atoms with Crippen LogP contribution in [0.3, 0.4) is 0 Å². The van der Waals surface area contributed by atoms with Crippen LogP contribution in [0.5, 0.6) is 0 Å². The van der Waals surface area contributed by atoms with Crippen molar-refractivity contribution >= 4 is 17.6 Å². The Hall–Kier alpha value is -2.25. The Morgan fingerprint density at radius 3 is 2.09 bits per heavy atom. The van der Waals surface area contributed by atoms with Crippen LogP contribution in [0.2, 0.25) is 0 Å². The molecule has 0 unspecified atom stereocenters. The maximum atomic E-state index is 13.8. The number of rotatable bonds is 0. The molecule has 2 aliphatic heterocycles. The molecule has 1 N–H and O–H groups in total. The van der Waals surface area contributed by atoms with E-state index in [0.717, 1.165) is 0 Å². The molecule has 1 aromatic carbocycles. The number of fused-ring (bicyclic) bond motifs is 1. The second-order valence-electron chi connectivity index (χ2n) is 5.84. The minimum absolute atomic E-state index is 0.163. The number of benzene rings is 1. The van der Waals surface area contributed by atoms with E-state index in [2.05, 4.69) is 4.99 Å². The molecule has 2 heterocycles. The van der Waals surface area contributed by atoms with Gasteiger partial charge in [-0.2, -0.15) is 0 Å². The van der Waals surface area contributed by atoms with Crippen LogP contribution in [0.25, 0.3) is 0 Å². The van der Waals surface area contributed by atoms with Crippen molar-refractivity contribution in [3.8, 4) is 0 Å². The molecular weight excluding hydrogens is 302 g/mol. The van der Waals surface area contributed by atoms with Gasteiger partial charge in [-0.3, -0.25) is 15.2 Å². The first-order valence-electron chi connectivity index (χ1n) is 6.54. The molecule has 0 bridgehead atoms. The molecule has 0 fully saturated rings. The second kappa shape index (κ2) is 4.37. The lowest BCUT2D eigenvalue weighted by Gasteiger charge is -2.16. The van der Waals surface area contributed by atoms with Gasteiger partial charge in [0.1, 0.15) is 11.7 Å². The summed E-state index contributed by atoms with van der Waals surface area (Å²) < 4.78 is 54.3. The maximum absolute atomic E-state index is 13.8. The van der Waals surface area contributed by atoms with E-state index in [4.69, 9.17) is 5.41 Å². The summed E-state index contributed by atoms with van der Waals surface area (Å²) >= 11 is 0. The van der Waals surface area contributed by atoms with Gasteiger partial charge < -0.3 is 0 Å². The van der Waals surface area contributed by atoms with E-state index < -0.39 is 51.7 Å². The van der Waals surface area contributed by atoms with Crippen molar-refractivity contribution in [2.24, 2.45) is 4.99 Å². The number of amides is 1. The summed E-state index contributed by atoms with van der Waals surface area (Å²) in [6.45, 7) is 3.61. The van der Waals surface area contributed by atoms with E-state index in [1.54, 1.807) is 13.8 Å². The molecule has 1 amide bonds. The molecule has 3 rings (SSSR count). The Bertz CT molecular complexity index is 723. The third-order valence-electron chi connectivity index (χ3n) is 3.79. The van der Waals surface area contributed by atoms with E-state index in [0.29, 0.717) is 17.7 Å². The lowest BCUT2D eigenvalue weighted by Crippen LogP contribution is -2.35. The fraction of sp³-hybridized carbons (Fsp3) is 0.357. The van der Waals surface area contributed by atoms with Gasteiger partial charge in [0.2, 0.25) is 0 Å². The van der Waals surface area contributed by atoms with Gasteiger partial charge in [0.25, 0.3) is 5.91 Å². The summed E-state index contributed by atoms with van der Waals surface area (Å²) in [5, 5.41) is 7.85. The van der Waals surface area contributed by atoms with Gasteiger partial charge in [0, 0.05) is 6.42 Å². The van der Waals surface area contributed by atoms with Gasteiger partial charge in [-0.05, 0) is 20.3 Å². The summed E-state index contributed by atoms with van der Waals surface area (Å²) in [6.07, 6.45) is 0.909. The highest BCUT2D eigenvalue weighted by Crippen LogP contribution is 2.34. The largest absolute Gasteiger partial charge is 0.283 e. The quantitative estimate of drug-likeness (QED) is 0.447. The number of nitrogens with one attached hydrogen (secondary N) is 1. The average molecular weight is 313 g/mol. The summed E-state index contributed by atoms with van der Waals surface area (Å²) in [5.41, 5.74) is -2.30.